The van der Waals surface area contributed by atoms with Gasteiger partial charge in [0.05, 0.1) is 10.7 Å². The Morgan fingerprint density at radius 3 is 2.42 bits per heavy atom. The van der Waals surface area contributed by atoms with Gasteiger partial charge in [0.2, 0.25) is 5.91 Å². The van der Waals surface area contributed by atoms with E-state index in [1.807, 2.05) is 18.2 Å². The van der Waals surface area contributed by atoms with Crippen LogP contribution in [-0.4, -0.2) is 22.2 Å². The Bertz CT molecular complexity index is 758. The van der Waals surface area contributed by atoms with E-state index in [-0.39, 0.29) is 11.2 Å². The molecule has 0 saturated heterocycles. The SMILES string of the molecule is CC(C)(C(=O)O)c1ccc(NC(=O)C2Cc3ccccc3S2)cc1. The number of rotatable bonds is 4. The molecule has 5 heteroatoms. The first-order chi connectivity index (χ1) is 11.4. The van der Waals surface area contributed by atoms with Gasteiger partial charge in [-0.25, -0.2) is 0 Å². The first-order valence-electron chi connectivity index (χ1n) is 7.77. The van der Waals surface area contributed by atoms with E-state index in [1.165, 1.54) is 5.56 Å². The van der Waals surface area contributed by atoms with Crippen LogP contribution in [-0.2, 0) is 21.4 Å². The van der Waals surface area contributed by atoms with Crippen molar-refractivity contribution in [3.8, 4) is 0 Å². The lowest BCUT2D eigenvalue weighted by Crippen LogP contribution is -2.28. The summed E-state index contributed by atoms with van der Waals surface area (Å²) < 4.78 is 0. The normalized spacial score (nSPS) is 16.5. The molecular formula is C19H19NO3S. The molecule has 0 aromatic heterocycles. The Labute approximate surface area is 145 Å². The Morgan fingerprint density at radius 1 is 1.12 bits per heavy atom. The largest absolute Gasteiger partial charge is 0.481 e. The van der Waals surface area contributed by atoms with Crippen LogP contribution in [0.5, 0.6) is 0 Å². The fraction of sp³-hybridized carbons (Fsp3) is 0.263. The number of carbonyl (C=O) groups excluding carboxylic acids is 1. The fourth-order valence-corrected chi connectivity index (χ4v) is 3.84. The van der Waals surface area contributed by atoms with Gasteiger partial charge in [-0.2, -0.15) is 0 Å². The van der Waals surface area contributed by atoms with Crippen LogP contribution in [0.1, 0.15) is 25.0 Å². The van der Waals surface area contributed by atoms with Crippen molar-refractivity contribution in [1.82, 2.24) is 0 Å². The standard InChI is InChI=1S/C19H19NO3S/c1-19(2,18(22)23)13-7-9-14(10-8-13)20-17(21)16-11-12-5-3-4-6-15(12)24-16/h3-10,16H,11H2,1-2H3,(H,20,21)(H,22,23). The molecule has 24 heavy (non-hydrogen) atoms. The second-order valence-electron chi connectivity index (χ2n) is 6.42. The molecule has 1 atom stereocenters. The predicted molar refractivity (Wildman–Crippen MR) is 95.5 cm³/mol. The number of anilines is 1. The minimum absolute atomic E-state index is 0.0264. The van der Waals surface area contributed by atoms with Gasteiger partial charge in [-0.3, -0.25) is 9.59 Å². The molecule has 1 aliphatic heterocycles. The van der Waals surface area contributed by atoms with Gasteiger partial charge in [0, 0.05) is 10.6 Å². The summed E-state index contributed by atoms with van der Waals surface area (Å²) in [5, 5.41) is 12.1. The zero-order valence-corrected chi connectivity index (χ0v) is 14.4. The molecule has 0 saturated carbocycles. The number of thioether (sulfide) groups is 1. The van der Waals surface area contributed by atoms with E-state index in [0.29, 0.717) is 11.3 Å². The Hall–Kier alpha value is -2.27. The monoisotopic (exact) mass is 341 g/mol. The van der Waals surface area contributed by atoms with Crippen LogP contribution in [0, 0.1) is 0 Å². The molecular weight excluding hydrogens is 322 g/mol. The van der Waals surface area contributed by atoms with Crippen LogP contribution in [0.4, 0.5) is 5.69 Å². The van der Waals surface area contributed by atoms with Gasteiger partial charge in [0.25, 0.3) is 0 Å². The summed E-state index contributed by atoms with van der Waals surface area (Å²) in [5.74, 6) is -0.902. The first-order valence-corrected chi connectivity index (χ1v) is 8.65. The molecule has 0 bridgehead atoms. The maximum Gasteiger partial charge on any atom is 0.313 e. The molecule has 2 aromatic rings. The van der Waals surface area contributed by atoms with Crippen molar-refractivity contribution in [3.05, 3.63) is 59.7 Å². The molecule has 0 spiro atoms. The average Bonchev–Trinajstić information content (AvgIpc) is 2.99. The number of fused-ring (bicyclic) bond motifs is 1. The molecule has 4 nitrogen and oxygen atoms in total. The third kappa shape index (κ3) is 3.17. The lowest BCUT2D eigenvalue weighted by molar-refractivity contribution is -0.142. The third-order valence-electron chi connectivity index (χ3n) is 4.35. The first kappa shape index (κ1) is 16.6. The number of carboxylic acids is 1. The zero-order chi connectivity index (χ0) is 17.3. The van der Waals surface area contributed by atoms with E-state index in [0.717, 1.165) is 11.3 Å². The van der Waals surface area contributed by atoms with Crippen molar-refractivity contribution in [2.24, 2.45) is 0 Å². The molecule has 124 valence electrons. The van der Waals surface area contributed by atoms with Gasteiger partial charge in [-0.15, -0.1) is 11.8 Å². The van der Waals surface area contributed by atoms with E-state index >= 15 is 0 Å². The van der Waals surface area contributed by atoms with Crippen LogP contribution < -0.4 is 5.32 Å². The maximum atomic E-state index is 12.4. The highest BCUT2D eigenvalue weighted by atomic mass is 32.2. The topological polar surface area (TPSA) is 66.4 Å². The molecule has 2 N–H and O–H groups in total. The Kier molecular flexibility index (Phi) is 4.37. The summed E-state index contributed by atoms with van der Waals surface area (Å²) in [4.78, 5) is 24.9. The second kappa shape index (κ2) is 6.32. The van der Waals surface area contributed by atoms with E-state index in [9.17, 15) is 14.7 Å². The fourth-order valence-electron chi connectivity index (χ4n) is 2.64. The zero-order valence-electron chi connectivity index (χ0n) is 13.6. The average molecular weight is 341 g/mol. The molecule has 0 aliphatic carbocycles. The van der Waals surface area contributed by atoms with Gasteiger partial charge in [-0.1, -0.05) is 30.3 Å². The lowest BCUT2D eigenvalue weighted by Gasteiger charge is -2.20. The Balaban J connectivity index is 1.67. The van der Waals surface area contributed by atoms with Crippen molar-refractivity contribution in [3.63, 3.8) is 0 Å². The smallest absolute Gasteiger partial charge is 0.313 e. The van der Waals surface area contributed by atoms with Crippen LogP contribution in [0.15, 0.2) is 53.4 Å². The number of carboxylic acid groups (broad SMARTS) is 1. The van der Waals surface area contributed by atoms with Crippen molar-refractivity contribution >= 4 is 29.3 Å². The number of carbonyl (C=O) groups is 2. The molecule has 2 aromatic carbocycles. The van der Waals surface area contributed by atoms with Crippen LogP contribution in [0.2, 0.25) is 0 Å². The van der Waals surface area contributed by atoms with Crippen LogP contribution in [0.25, 0.3) is 0 Å². The summed E-state index contributed by atoms with van der Waals surface area (Å²) in [6.07, 6.45) is 0.733. The lowest BCUT2D eigenvalue weighted by atomic mass is 9.85. The number of aliphatic carboxylic acids is 1. The molecule has 1 heterocycles. The van der Waals surface area contributed by atoms with Crippen molar-refractivity contribution in [1.29, 1.82) is 0 Å². The summed E-state index contributed by atoms with van der Waals surface area (Å²) in [6.45, 7) is 3.32. The highest BCUT2D eigenvalue weighted by Crippen LogP contribution is 2.37. The summed E-state index contributed by atoms with van der Waals surface area (Å²) >= 11 is 1.59. The number of amides is 1. The quantitative estimate of drug-likeness (QED) is 0.890. The molecule has 0 radical (unpaired) electrons. The minimum Gasteiger partial charge on any atom is -0.481 e. The predicted octanol–water partition coefficient (Wildman–Crippen LogP) is 3.70. The van der Waals surface area contributed by atoms with E-state index in [1.54, 1.807) is 49.9 Å². The third-order valence-corrected chi connectivity index (χ3v) is 5.67. The Morgan fingerprint density at radius 2 is 1.79 bits per heavy atom. The van der Waals surface area contributed by atoms with Gasteiger partial charge in [-0.05, 0) is 49.6 Å². The van der Waals surface area contributed by atoms with Gasteiger partial charge in [0.15, 0.2) is 0 Å². The number of benzene rings is 2. The van der Waals surface area contributed by atoms with E-state index < -0.39 is 11.4 Å². The molecule has 1 amide bonds. The molecule has 0 fully saturated rings. The summed E-state index contributed by atoms with van der Waals surface area (Å²) in [5.41, 5.74) is 1.64. The maximum absolute atomic E-state index is 12.4. The summed E-state index contributed by atoms with van der Waals surface area (Å²) in [6, 6.07) is 15.1. The van der Waals surface area contributed by atoms with Gasteiger partial charge in [0.1, 0.15) is 0 Å². The minimum atomic E-state index is -0.953. The molecule has 1 unspecified atom stereocenters. The van der Waals surface area contributed by atoms with Crippen molar-refractivity contribution in [2.75, 3.05) is 5.32 Å². The van der Waals surface area contributed by atoms with Gasteiger partial charge < -0.3 is 10.4 Å². The van der Waals surface area contributed by atoms with Crippen LogP contribution >= 0.6 is 11.8 Å². The van der Waals surface area contributed by atoms with Gasteiger partial charge >= 0.3 is 5.97 Å². The highest BCUT2D eigenvalue weighted by molar-refractivity contribution is 8.01. The number of nitrogens with one attached hydrogen (secondary N) is 1. The summed E-state index contributed by atoms with van der Waals surface area (Å²) in [7, 11) is 0. The van der Waals surface area contributed by atoms with E-state index in [2.05, 4.69) is 11.4 Å². The van der Waals surface area contributed by atoms with E-state index in [4.69, 9.17) is 0 Å². The number of hydrogen-bond donors (Lipinski definition) is 2. The van der Waals surface area contributed by atoms with Crippen LogP contribution in [0.3, 0.4) is 0 Å². The van der Waals surface area contributed by atoms with Crippen molar-refractivity contribution < 1.29 is 14.7 Å². The highest BCUT2D eigenvalue weighted by Gasteiger charge is 2.30. The van der Waals surface area contributed by atoms with Crippen molar-refractivity contribution in [2.45, 2.75) is 35.8 Å². The number of hydrogen-bond acceptors (Lipinski definition) is 3. The molecule has 3 rings (SSSR count). The second-order valence-corrected chi connectivity index (χ2v) is 7.66. The molecule has 1 aliphatic rings.